The van der Waals surface area contributed by atoms with Gasteiger partial charge in [0.2, 0.25) is 12.7 Å². The molecular formula is C15H16N2O6. The predicted octanol–water partition coefficient (Wildman–Crippen LogP) is -0.147. The van der Waals surface area contributed by atoms with Crippen molar-refractivity contribution in [3.63, 3.8) is 0 Å². The van der Waals surface area contributed by atoms with Crippen LogP contribution >= 0.6 is 0 Å². The van der Waals surface area contributed by atoms with Gasteiger partial charge in [-0.2, -0.15) is 0 Å². The van der Waals surface area contributed by atoms with Gasteiger partial charge in [-0.3, -0.25) is 9.59 Å². The van der Waals surface area contributed by atoms with Crippen molar-refractivity contribution >= 4 is 17.8 Å². The lowest BCUT2D eigenvalue weighted by Gasteiger charge is -2.10. The molecule has 8 nitrogen and oxygen atoms in total. The van der Waals surface area contributed by atoms with Crippen LogP contribution in [-0.2, 0) is 25.7 Å². The molecule has 0 radical (unpaired) electrons. The quantitative estimate of drug-likeness (QED) is 0.732. The minimum absolute atomic E-state index is 0.181. The molecule has 0 aromatic heterocycles. The molecule has 0 aliphatic carbocycles. The van der Waals surface area contributed by atoms with E-state index in [1.165, 1.54) is 0 Å². The van der Waals surface area contributed by atoms with E-state index < -0.39 is 17.9 Å². The molecule has 2 heterocycles. The van der Waals surface area contributed by atoms with Crippen molar-refractivity contribution in [3.8, 4) is 11.5 Å². The summed E-state index contributed by atoms with van der Waals surface area (Å²) in [6.45, 7) is 0.0990. The van der Waals surface area contributed by atoms with Gasteiger partial charge in [0.1, 0.15) is 6.04 Å². The van der Waals surface area contributed by atoms with Crippen LogP contribution in [0, 0.1) is 0 Å². The molecule has 1 fully saturated rings. The molecule has 3 rings (SSSR count). The number of carbonyl (C=O) groups is 3. The molecule has 8 heteroatoms. The predicted molar refractivity (Wildman–Crippen MR) is 76.5 cm³/mol. The molecule has 0 bridgehead atoms. The lowest BCUT2D eigenvalue weighted by atomic mass is 10.2. The normalized spacial score (nSPS) is 18.4. The monoisotopic (exact) mass is 320 g/mol. The van der Waals surface area contributed by atoms with E-state index in [9.17, 15) is 14.4 Å². The fourth-order valence-electron chi connectivity index (χ4n) is 2.33. The van der Waals surface area contributed by atoms with Crippen LogP contribution in [0.5, 0.6) is 11.5 Å². The number of fused-ring (bicyclic) bond motifs is 1. The Kier molecular flexibility index (Phi) is 4.31. The maximum absolute atomic E-state index is 11.7. The Bertz CT molecular complexity index is 645. The van der Waals surface area contributed by atoms with E-state index in [4.69, 9.17) is 14.2 Å². The fraction of sp³-hybridized carbons (Fsp3) is 0.400. The highest BCUT2D eigenvalue weighted by Crippen LogP contribution is 2.32. The van der Waals surface area contributed by atoms with Gasteiger partial charge in [-0.1, -0.05) is 6.07 Å². The third-order valence-corrected chi connectivity index (χ3v) is 3.55. The standard InChI is InChI=1S/C15H16N2O6/c18-13-4-2-10(17-13)15(20)21-7-14(19)16-6-9-1-3-11-12(5-9)23-8-22-11/h1,3,5,10H,2,4,6-8H2,(H,16,19)(H,17,18)/t10-/m0/s1. The molecular weight excluding hydrogens is 304 g/mol. The van der Waals surface area contributed by atoms with Gasteiger partial charge in [0.05, 0.1) is 0 Å². The van der Waals surface area contributed by atoms with Crippen LogP contribution < -0.4 is 20.1 Å². The Morgan fingerprint density at radius 2 is 2.13 bits per heavy atom. The third kappa shape index (κ3) is 3.71. The maximum atomic E-state index is 11.7. The van der Waals surface area contributed by atoms with E-state index in [1.54, 1.807) is 12.1 Å². The first kappa shape index (κ1) is 15.1. The summed E-state index contributed by atoms with van der Waals surface area (Å²) in [4.78, 5) is 34.4. The molecule has 2 aliphatic heterocycles. The third-order valence-electron chi connectivity index (χ3n) is 3.55. The van der Waals surface area contributed by atoms with Crippen molar-refractivity contribution in [2.24, 2.45) is 0 Å². The van der Waals surface area contributed by atoms with E-state index in [-0.39, 0.29) is 25.9 Å². The van der Waals surface area contributed by atoms with Gasteiger partial charge in [0, 0.05) is 13.0 Å². The molecule has 2 N–H and O–H groups in total. The Labute approximate surface area is 132 Å². The largest absolute Gasteiger partial charge is 0.454 e. The molecule has 122 valence electrons. The van der Waals surface area contributed by atoms with Crippen molar-refractivity contribution in [1.29, 1.82) is 0 Å². The summed E-state index contributed by atoms with van der Waals surface area (Å²) in [7, 11) is 0. The number of nitrogens with one attached hydrogen (secondary N) is 2. The van der Waals surface area contributed by atoms with Crippen LogP contribution in [0.2, 0.25) is 0 Å². The number of esters is 1. The number of hydrogen-bond acceptors (Lipinski definition) is 6. The Morgan fingerprint density at radius 3 is 2.91 bits per heavy atom. The zero-order valence-electron chi connectivity index (χ0n) is 12.3. The molecule has 1 atom stereocenters. The summed E-state index contributed by atoms with van der Waals surface area (Å²) in [6, 6.07) is 4.72. The summed E-state index contributed by atoms with van der Waals surface area (Å²) >= 11 is 0. The second kappa shape index (κ2) is 6.55. The fourth-order valence-corrected chi connectivity index (χ4v) is 2.33. The van der Waals surface area contributed by atoms with Crippen molar-refractivity contribution in [2.45, 2.75) is 25.4 Å². The molecule has 23 heavy (non-hydrogen) atoms. The molecule has 2 aliphatic rings. The number of hydrogen-bond donors (Lipinski definition) is 2. The van der Waals surface area contributed by atoms with Gasteiger partial charge in [0.15, 0.2) is 18.1 Å². The van der Waals surface area contributed by atoms with Crippen molar-refractivity contribution in [1.82, 2.24) is 10.6 Å². The van der Waals surface area contributed by atoms with Crippen LogP contribution in [0.3, 0.4) is 0 Å². The Hall–Kier alpha value is -2.77. The number of amides is 2. The van der Waals surface area contributed by atoms with Gasteiger partial charge in [0.25, 0.3) is 5.91 Å². The molecule has 0 saturated carbocycles. The summed E-state index contributed by atoms with van der Waals surface area (Å²) in [6.07, 6.45) is 0.701. The minimum atomic E-state index is -0.649. The SMILES string of the molecule is O=C(COC(=O)[C@@H]1CCC(=O)N1)NCc1ccc2c(c1)OCO2. The van der Waals surface area contributed by atoms with Crippen LogP contribution in [0.15, 0.2) is 18.2 Å². The lowest BCUT2D eigenvalue weighted by Crippen LogP contribution is -2.37. The van der Waals surface area contributed by atoms with Crippen molar-refractivity contribution in [3.05, 3.63) is 23.8 Å². The number of carbonyl (C=O) groups excluding carboxylic acids is 3. The van der Waals surface area contributed by atoms with Crippen LogP contribution in [-0.4, -0.2) is 37.2 Å². The summed E-state index contributed by atoms with van der Waals surface area (Å²) < 4.78 is 15.3. The molecule has 1 aromatic rings. The van der Waals surface area contributed by atoms with Crippen molar-refractivity contribution in [2.75, 3.05) is 13.4 Å². The minimum Gasteiger partial charge on any atom is -0.454 e. The first-order chi connectivity index (χ1) is 11.1. The lowest BCUT2D eigenvalue weighted by molar-refractivity contribution is -0.150. The average Bonchev–Trinajstić information content (AvgIpc) is 3.18. The molecule has 0 spiro atoms. The van der Waals surface area contributed by atoms with E-state index in [1.807, 2.05) is 6.07 Å². The number of rotatable bonds is 5. The van der Waals surface area contributed by atoms with E-state index in [2.05, 4.69) is 10.6 Å². The highest BCUT2D eigenvalue weighted by atomic mass is 16.7. The zero-order valence-corrected chi connectivity index (χ0v) is 12.3. The zero-order chi connectivity index (χ0) is 16.2. The topological polar surface area (TPSA) is 103 Å². The number of benzene rings is 1. The van der Waals surface area contributed by atoms with E-state index in [0.29, 0.717) is 24.3 Å². The van der Waals surface area contributed by atoms with Crippen LogP contribution in [0.1, 0.15) is 18.4 Å². The maximum Gasteiger partial charge on any atom is 0.329 e. The number of ether oxygens (including phenoxy) is 3. The van der Waals surface area contributed by atoms with Crippen LogP contribution in [0.25, 0.3) is 0 Å². The second-order valence-electron chi connectivity index (χ2n) is 5.23. The highest BCUT2D eigenvalue weighted by molar-refractivity contribution is 5.89. The Balaban J connectivity index is 1.41. The van der Waals surface area contributed by atoms with Crippen molar-refractivity contribution < 1.29 is 28.6 Å². The van der Waals surface area contributed by atoms with Gasteiger partial charge in [-0.25, -0.2) is 4.79 Å². The summed E-state index contributed by atoms with van der Waals surface area (Å²) in [5.41, 5.74) is 0.844. The summed E-state index contributed by atoms with van der Waals surface area (Å²) in [5, 5.41) is 5.13. The molecule has 0 unspecified atom stereocenters. The first-order valence-electron chi connectivity index (χ1n) is 7.23. The van der Waals surface area contributed by atoms with Gasteiger partial charge < -0.3 is 24.8 Å². The van der Waals surface area contributed by atoms with Gasteiger partial charge in [-0.15, -0.1) is 0 Å². The smallest absolute Gasteiger partial charge is 0.329 e. The van der Waals surface area contributed by atoms with Crippen LogP contribution in [0.4, 0.5) is 0 Å². The molecule has 2 amide bonds. The molecule has 1 saturated heterocycles. The first-order valence-corrected chi connectivity index (χ1v) is 7.23. The summed E-state index contributed by atoms with van der Waals surface area (Å²) in [5.74, 6) is 0.126. The second-order valence-corrected chi connectivity index (χ2v) is 5.23. The Morgan fingerprint density at radius 1 is 1.30 bits per heavy atom. The van der Waals surface area contributed by atoms with E-state index >= 15 is 0 Å². The highest BCUT2D eigenvalue weighted by Gasteiger charge is 2.28. The van der Waals surface area contributed by atoms with Gasteiger partial charge >= 0.3 is 5.97 Å². The average molecular weight is 320 g/mol. The molecule has 1 aromatic carbocycles. The van der Waals surface area contributed by atoms with E-state index in [0.717, 1.165) is 5.56 Å². The van der Waals surface area contributed by atoms with Gasteiger partial charge in [-0.05, 0) is 24.1 Å².